The molecular weight excluding hydrogens is 474 g/mol. The van der Waals surface area contributed by atoms with Gasteiger partial charge in [-0.15, -0.1) is 0 Å². The van der Waals surface area contributed by atoms with Crippen LogP contribution in [0.15, 0.2) is 140 Å². The van der Waals surface area contributed by atoms with Crippen molar-refractivity contribution in [3.8, 4) is 28.2 Å². The first kappa shape index (κ1) is 21.8. The van der Waals surface area contributed by atoms with Crippen LogP contribution in [0.1, 0.15) is 0 Å². The summed E-state index contributed by atoms with van der Waals surface area (Å²) in [6, 6.07) is 48.9. The van der Waals surface area contributed by atoms with E-state index in [2.05, 4.69) is 132 Å². The molecular formula is C36H23N3. The minimum Gasteiger partial charge on any atom is -0.292 e. The standard InChI is InChI=1S/C36H23N3/c1-3-11-24(12-4-1)28-19-20-31-32(22-28)38-36(35(37-31)25-13-5-2-6-14-25)39-33-18-10-9-17-29(33)30-21-26-15-7-8-16-27(26)23-34(30)39/h1-23H. The molecule has 0 spiro atoms. The van der Waals surface area contributed by atoms with E-state index in [4.69, 9.17) is 9.97 Å². The number of hydrogen-bond acceptors (Lipinski definition) is 2. The molecule has 0 unspecified atom stereocenters. The lowest BCUT2D eigenvalue weighted by Gasteiger charge is -2.14. The fourth-order valence-corrected chi connectivity index (χ4v) is 5.68. The fourth-order valence-electron chi connectivity index (χ4n) is 5.68. The Kier molecular flexibility index (Phi) is 4.82. The van der Waals surface area contributed by atoms with Crippen molar-refractivity contribution >= 4 is 43.6 Å². The first-order valence-corrected chi connectivity index (χ1v) is 13.2. The molecule has 0 N–H and O–H groups in total. The van der Waals surface area contributed by atoms with Gasteiger partial charge in [0.1, 0.15) is 5.69 Å². The maximum Gasteiger partial charge on any atom is 0.165 e. The summed E-state index contributed by atoms with van der Waals surface area (Å²) in [5.74, 6) is 0.834. The minimum atomic E-state index is 0.834. The smallest absolute Gasteiger partial charge is 0.165 e. The summed E-state index contributed by atoms with van der Waals surface area (Å²) in [7, 11) is 0. The van der Waals surface area contributed by atoms with Gasteiger partial charge in [0.2, 0.25) is 0 Å². The molecule has 0 atom stereocenters. The highest BCUT2D eigenvalue weighted by molar-refractivity contribution is 6.13. The van der Waals surface area contributed by atoms with E-state index in [-0.39, 0.29) is 0 Å². The van der Waals surface area contributed by atoms with Crippen LogP contribution in [-0.2, 0) is 0 Å². The van der Waals surface area contributed by atoms with Crippen LogP contribution in [-0.4, -0.2) is 14.5 Å². The van der Waals surface area contributed by atoms with Crippen LogP contribution in [0.5, 0.6) is 0 Å². The first-order valence-electron chi connectivity index (χ1n) is 13.2. The second-order valence-electron chi connectivity index (χ2n) is 9.90. The summed E-state index contributed by atoms with van der Waals surface area (Å²) >= 11 is 0. The molecule has 182 valence electrons. The first-order chi connectivity index (χ1) is 19.3. The molecule has 2 aromatic heterocycles. The van der Waals surface area contributed by atoms with E-state index in [0.717, 1.165) is 44.7 Å². The molecule has 2 heterocycles. The van der Waals surface area contributed by atoms with E-state index >= 15 is 0 Å². The highest BCUT2D eigenvalue weighted by Crippen LogP contribution is 2.37. The van der Waals surface area contributed by atoms with Crippen molar-refractivity contribution in [2.75, 3.05) is 0 Å². The molecule has 8 aromatic rings. The molecule has 0 bridgehead atoms. The molecule has 8 rings (SSSR count). The lowest BCUT2D eigenvalue weighted by atomic mass is 10.0. The molecule has 0 saturated heterocycles. The number of hydrogen-bond donors (Lipinski definition) is 0. The Morgan fingerprint density at radius 2 is 1.08 bits per heavy atom. The molecule has 0 saturated carbocycles. The second kappa shape index (κ2) is 8.64. The van der Waals surface area contributed by atoms with Gasteiger partial charge < -0.3 is 0 Å². The lowest BCUT2D eigenvalue weighted by Crippen LogP contribution is -2.03. The zero-order valence-corrected chi connectivity index (χ0v) is 21.1. The molecule has 0 radical (unpaired) electrons. The Balaban J connectivity index is 1.50. The van der Waals surface area contributed by atoms with Crippen LogP contribution in [0.4, 0.5) is 0 Å². The summed E-state index contributed by atoms with van der Waals surface area (Å²) in [4.78, 5) is 10.6. The van der Waals surface area contributed by atoms with Crippen LogP contribution in [0, 0.1) is 0 Å². The van der Waals surface area contributed by atoms with Crippen molar-refractivity contribution in [2.24, 2.45) is 0 Å². The van der Waals surface area contributed by atoms with Crippen LogP contribution in [0.2, 0.25) is 0 Å². The summed E-state index contributed by atoms with van der Waals surface area (Å²) in [5, 5.41) is 4.85. The number of para-hydroxylation sites is 1. The number of rotatable bonds is 3. The second-order valence-corrected chi connectivity index (χ2v) is 9.90. The van der Waals surface area contributed by atoms with Crippen molar-refractivity contribution < 1.29 is 0 Å². The van der Waals surface area contributed by atoms with Gasteiger partial charge in [0, 0.05) is 16.3 Å². The van der Waals surface area contributed by atoms with Gasteiger partial charge in [-0.05, 0) is 52.2 Å². The molecule has 39 heavy (non-hydrogen) atoms. The number of nitrogens with zero attached hydrogens (tertiary/aromatic N) is 3. The third kappa shape index (κ3) is 3.52. The van der Waals surface area contributed by atoms with Gasteiger partial charge in [-0.1, -0.05) is 109 Å². The van der Waals surface area contributed by atoms with Crippen molar-refractivity contribution in [1.29, 1.82) is 0 Å². The van der Waals surface area contributed by atoms with Crippen molar-refractivity contribution in [2.45, 2.75) is 0 Å². The van der Waals surface area contributed by atoms with Gasteiger partial charge in [-0.25, -0.2) is 9.97 Å². The number of benzene rings is 6. The fraction of sp³-hybridized carbons (Fsp3) is 0. The zero-order chi connectivity index (χ0) is 25.8. The highest BCUT2D eigenvalue weighted by Gasteiger charge is 2.19. The van der Waals surface area contributed by atoms with Crippen molar-refractivity contribution in [1.82, 2.24) is 14.5 Å². The zero-order valence-electron chi connectivity index (χ0n) is 21.1. The molecule has 0 aliphatic heterocycles. The molecule has 3 heteroatoms. The molecule has 3 nitrogen and oxygen atoms in total. The van der Waals surface area contributed by atoms with E-state index < -0.39 is 0 Å². The van der Waals surface area contributed by atoms with Crippen molar-refractivity contribution in [3.63, 3.8) is 0 Å². The van der Waals surface area contributed by atoms with Gasteiger partial charge in [-0.3, -0.25) is 4.57 Å². The predicted octanol–water partition coefficient (Wildman–Crippen LogP) is 9.21. The molecule has 0 aliphatic rings. The summed E-state index contributed by atoms with van der Waals surface area (Å²) in [6.45, 7) is 0. The van der Waals surface area contributed by atoms with E-state index in [9.17, 15) is 0 Å². The number of aromatic nitrogens is 3. The van der Waals surface area contributed by atoms with Gasteiger partial charge >= 0.3 is 0 Å². The van der Waals surface area contributed by atoms with E-state index in [1.807, 2.05) is 12.1 Å². The average molecular weight is 498 g/mol. The molecule has 6 aromatic carbocycles. The Hall–Kier alpha value is -5.28. The van der Waals surface area contributed by atoms with Crippen LogP contribution in [0.25, 0.3) is 71.8 Å². The Labute approximate surface area is 225 Å². The lowest BCUT2D eigenvalue weighted by molar-refractivity contribution is 1.08. The van der Waals surface area contributed by atoms with E-state index in [1.165, 1.54) is 27.1 Å². The topological polar surface area (TPSA) is 30.7 Å². The van der Waals surface area contributed by atoms with Gasteiger partial charge in [-0.2, -0.15) is 0 Å². The Bertz CT molecular complexity index is 2160. The molecule has 0 amide bonds. The predicted molar refractivity (Wildman–Crippen MR) is 162 cm³/mol. The van der Waals surface area contributed by atoms with Crippen LogP contribution >= 0.6 is 0 Å². The van der Waals surface area contributed by atoms with Gasteiger partial charge in [0.05, 0.1) is 22.1 Å². The van der Waals surface area contributed by atoms with Gasteiger partial charge in [0.25, 0.3) is 0 Å². The molecule has 0 aliphatic carbocycles. The van der Waals surface area contributed by atoms with Crippen LogP contribution < -0.4 is 0 Å². The molecule has 0 fully saturated rings. The normalized spacial score (nSPS) is 11.6. The van der Waals surface area contributed by atoms with Gasteiger partial charge in [0.15, 0.2) is 5.82 Å². The summed E-state index contributed by atoms with van der Waals surface area (Å²) in [6.07, 6.45) is 0. The monoisotopic (exact) mass is 497 g/mol. The summed E-state index contributed by atoms with van der Waals surface area (Å²) in [5.41, 5.74) is 8.20. The van der Waals surface area contributed by atoms with E-state index in [1.54, 1.807) is 0 Å². The maximum absolute atomic E-state index is 5.36. The number of fused-ring (bicyclic) bond motifs is 5. The average Bonchev–Trinajstić information content (AvgIpc) is 3.33. The largest absolute Gasteiger partial charge is 0.292 e. The van der Waals surface area contributed by atoms with Crippen LogP contribution in [0.3, 0.4) is 0 Å². The van der Waals surface area contributed by atoms with Crippen molar-refractivity contribution in [3.05, 3.63) is 140 Å². The Morgan fingerprint density at radius 1 is 0.410 bits per heavy atom. The SMILES string of the molecule is c1ccc(-c2ccc3nc(-c4ccccc4)c(-n4c5ccccc5c5cc6ccccc6cc54)nc3c2)cc1. The minimum absolute atomic E-state index is 0.834. The quantitative estimate of drug-likeness (QED) is 0.244. The van der Waals surface area contributed by atoms with E-state index in [0.29, 0.717) is 0 Å². The summed E-state index contributed by atoms with van der Waals surface area (Å²) < 4.78 is 2.29. The third-order valence-electron chi connectivity index (χ3n) is 7.55. The Morgan fingerprint density at radius 3 is 1.87 bits per heavy atom. The third-order valence-corrected chi connectivity index (χ3v) is 7.55. The highest BCUT2D eigenvalue weighted by atomic mass is 15.1. The maximum atomic E-state index is 5.36.